The maximum atomic E-state index is 13.7. The van der Waals surface area contributed by atoms with Gasteiger partial charge in [-0.15, -0.1) is 0 Å². The standard InChI is InChI=1S/C13H17F2NO/c1-8-5-6-10(14)11(12(8)15)13(17)9(2)4-3-7-16/h5-6,9H,3-4,7,16H2,1-2H3. The molecule has 94 valence electrons. The number of Topliss-reactive ketones (excluding diaryl/α,β-unsaturated/α-hetero) is 1. The van der Waals surface area contributed by atoms with E-state index in [-0.39, 0.29) is 5.56 Å². The second kappa shape index (κ2) is 5.87. The van der Waals surface area contributed by atoms with Crippen molar-refractivity contribution >= 4 is 5.78 Å². The van der Waals surface area contributed by atoms with Crippen LogP contribution in [0.2, 0.25) is 0 Å². The average Bonchev–Trinajstić information content (AvgIpc) is 2.31. The number of halogens is 2. The summed E-state index contributed by atoms with van der Waals surface area (Å²) in [6.07, 6.45) is 1.21. The van der Waals surface area contributed by atoms with Gasteiger partial charge in [0.15, 0.2) is 5.78 Å². The minimum absolute atomic E-state index is 0.278. The fourth-order valence-corrected chi connectivity index (χ4v) is 1.68. The molecule has 0 saturated heterocycles. The maximum Gasteiger partial charge on any atom is 0.171 e. The van der Waals surface area contributed by atoms with Crippen LogP contribution in [0.25, 0.3) is 0 Å². The Bertz CT molecular complexity index is 418. The van der Waals surface area contributed by atoms with Crippen LogP contribution in [0.4, 0.5) is 8.78 Å². The molecule has 0 aliphatic carbocycles. The first kappa shape index (κ1) is 13.8. The zero-order chi connectivity index (χ0) is 13.0. The van der Waals surface area contributed by atoms with Gasteiger partial charge < -0.3 is 5.73 Å². The Morgan fingerprint density at radius 1 is 1.41 bits per heavy atom. The predicted molar refractivity (Wildman–Crippen MR) is 62.9 cm³/mol. The third-order valence-electron chi connectivity index (χ3n) is 2.82. The molecule has 0 saturated carbocycles. The average molecular weight is 241 g/mol. The molecule has 1 rings (SSSR count). The van der Waals surface area contributed by atoms with Crippen molar-refractivity contribution in [2.75, 3.05) is 6.54 Å². The molecule has 0 fully saturated rings. The van der Waals surface area contributed by atoms with Crippen molar-refractivity contribution in [3.8, 4) is 0 Å². The summed E-state index contributed by atoms with van der Waals surface area (Å²) in [5.41, 5.74) is 5.20. The van der Waals surface area contributed by atoms with Gasteiger partial charge in [0.25, 0.3) is 0 Å². The maximum absolute atomic E-state index is 13.7. The van der Waals surface area contributed by atoms with E-state index in [0.717, 1.165) is 6.07 Å². The first-order valence-electron chi connectivity index (χ1n) is 5.68. The molecule has 0 amide bonds. The number of benzene rings is 1. The lowest BCUT2D eigenvalue weighted by Gasteiger charge is -2.12. The number of hydrogen-bond acceptors (Lipinski definition) is 2. The highest BCUT2D eigenvalue weighted by Gasteiger charge is 2.23. The first-order chi connectivity index (χ1) is 7.99. The Morgan fingerprint density at radius 2 is 2.06 bits per heavy atom. The number of carbonyl (C=O) groups excluding carboxylic acids is 1. The predicted octanol–water partition coefficient (Wildman–Crippen LogP) is 2.83. The lowest BCUT2D eigenvalue weighted by molar-refractivity contribution is 0.0914. The van der Waals surface area contributed by atoms with Gasteiger partial charge in [0, 0.05) is 5.92 Å². The van der Waals surface area contributed by atoms with Gasteiger partial charge in [-0.3, -0.25) is 4.79 Å². The van der Waals surface area contributed by atoms with E-state index in [4.69, 9.17) is 5.73 Å². The normalized spacial score (nSPS) is 12.5. The second-order valence-corrected chi connectivity index (χ2v) is 4.25. The van der Waals surface area contributed by atoms with Gasteiger partial charge in [0.2, 0.25) is 0 Å². The molecule has 0 aliphatic rings. The second-order valence-electron chi connectivity index (χ2n) is 4.25. The van der Waals surface area contributed by atoms with Crippen molar-refractivity contribution in [1.82, 2.24) is 0 Å². The van der Waals surface area contributed by atoms with Crippen LogP contribution < -0.4 is 5.73 Å². The Balaban J connectivity index is 2.99. The number of rotatable bonds is 5. The zero-order valence-electron chi connectivity index (χ0n) is 10.1. The van der Waals surface area contributed by atoms with Gasteiger partial charge in [-0.05, 0) is 37.9 Å². The van der Waals surface area contributed by atoms with Gasteiger partial charge >= 0.3 is 0 Å². The smallest absolute Gasteiger partial charge is 0.171 e. The summed E-state index contributed by atoms with van der Waals surface area (Å²) in [4.78, 5) is 11.9. The van der Waals surface area contributed by atoms with Crippen molar-refractivity contribution in [1.29, 1.82) is 0 Å². The Morgan fingerprint density at radius 3 is 2.65 bits per heavy atom. The molecular formula is C13H17F2NO. The zero-order valence-corrected chi connectivity index (χ0v) is 10.1. The summed E-state index contributed by atoms with van der Waals surface area (Å²) < 4.78 is 27.2. The minimum atomic E-state index is -0.794. The topological polar surface area (TPSA) is 43.1 Å². The molecule has 1 aromatic rings. The number of carbonyl (C=O) groups is 1. The van der Waals surface area contributed by atoms with E-state index in [1.807, 2.05) is 0 Å². The molecule has 2 N–H and O–H groups in total. The van der Waals surface area contributed by atoms with E-state index in [1.165, 1.54) is 13.0 Å². The molecule has 0 radical (unpaired) electrons. The SMILES string of the molecule is Cc1ccc(F)c(C(=O)C(C)CCCN)c1F. The van der Waals surface area contributed by atoms with Gasteiger partial charge in [0.1, 0.15) is 11.6 Å². The molecule has 0 bridgehead atoms. The number of aryl methyl sites for hydroxylation is 1. The summed E-state index contributed by atoms with van der Waals surface area (Å²) in [6.45, 7) is 3.64. The van der Waals surface area contributed by atoms with Crippen LogP contribution in [-0.4, -0.2) is 12.3 Å². The van der Waals surface area contributed by atoms with E-state index in [2.05, 4.69) is 0 Å². The highest BCUT2D eigenvalue weighted by Crippen LogP contribution is 2.21. The number of ketones is 1. The molecule has 0 aromatic heterocycles. The highest BCUT2D eigenvalue weighted by molar-refractivity contribution is 5.98. The van der Waals surface area contributed by atoms with Crippen molar-refractivity contribution in [3.05, 3.63) is 34.9 Å². The minimum Gasteiger partial charge on any atom is -0.330 e. The third kappa shape index (κ3) is 3.09. The van der Waals surface area contributed by atoms with Gasteiger partial charge in [0.05, 0.1) is 5.56 Å². The lowest BCUT2D eigenvalue weighted by Crippen LogP contribution is -2.17. The summed E-state index contributed by atoms with van der Waals surface area (Å²) in [5.74, 6) is -2.45. The summed E-state index contributed by atoms with van der Waals surface area (Å²) in [7, 11) is 0. The molecule has 1 unspecified atom stereocenters. The van der Waals surface area contributed by atoms with E-state index in [1.54, 1.807) is 6.92 Å². The van der Waals surface area contributed by atoms with Gasteiger partial charge in [-0.2, -0.15) is 0 Å². The van der Waals surface area contributed by atoms with E-state index in [9.17, 15) is 13.6 Å². The van der Waals surface area contributed by atoms with Crippen LogP contribution >= 0.6 is 0 Å². The van der Waals surface area contributed by atoms with Crippen LogP contribution in [0.1, 0.15) is 35.7 Å². The van der Waals surface area contributed by atoms with E-state index in [0.29, 0.717) is 19.4 Å². The molecule has 2 nitrogen and oxygen atoms in total. The van der Waals surface area contributed by atoms with Gasteiger partial charge in [-0.1, -0.05) is 13.0 Å². The number of hydrogen-bond donors (Lipinski definition) is 1. The quantitative estimate of drug-likeness (QED) is 0.805. The largest absolute Gasteiger partial charge is 0.330 e. The van der Waals surface area contributed by atoms with Crippen LogP contribution in [0.5, 0.6) is 0 Å². The molecule has 1 atom stereocenters. The van der Waals surface area contributed by atoms with Gasteiger partial charge in [-0.25, -0.2) is 8.78 Å². The Hall–Kier alpha value is -1.29. The van der Waals surface area contributed by atoms with E-state index < -0.39 is 28.9 Å². The van der Waals surface area contributed by atoms with E-state index >= 15 is 0 Å². The molecule has 1 aromatic carbocycles. The molecular weight excluding hydrogens is 224 g/mol. The molecule has 0 spiro atoms. The number of nitrogens with two attached hydrogens (primary N) is 1. The summed E-state index contributed by atoms with van der Waals surface area (Å²) >= 11 is 0. The molecule has 0 aliphatic heterocycles. The Labute approximate surface area is 99.8 Å². The monoisotopic (exact) mass is 241 g/mol. The molecule has 0 heterocycles. The van der Waals surface area contributed by atoms with Crippen LogP contribution in [0, 0.1) is 24.5 Å². The fraction of sp³-hybridized carbons (Fsp3) is 0.462. The summed E-state index contributed by atoms with van der Waals surface area (Å²) in [6, 6.07) is 2.45. The van der Waals surface area contributed by atoms with Crippen molar-refractivity contribution in [2.45, 2.75) is 26.7 Å². The lowest BCUT2D eigenvalue weighted by atomic mass is 9.93. The van der Waals surface area contributed by atoms with Crippen LogP contribution in [-0.2, 0) is 0 Å². The summed E-state index contributed by atoms with van der Waals surface area (Å²) in [5, 5.41) is 0. The first-order valence-corrected chi connectivity index (χ1v) is 5.68. The molecule has 4 heteroatoms. The third-order valence-corrected chi connectivity index (χ3v) is 2.82. The van der Waals surface area contributed by atoms with Crippen LogP contribution in [0.15, 0.2) is 12.1 Å². The van der Waals surface area contributed by atoms with Crippen molar-refractivity contribution in [2.24, 2.45) is 11.7 Å². The Kier molecular flexibility index (Phi) is 4.75. The van der Waals surface area contributed by atoms with Crippen molar-refractivity contribution in [3.63, 3.8) is 0 Å². The molecule has 17 heavy (non-hydrogen) atoms. The van der Waals surface area contributed by atoms with Crippen LogP contribution in [0.3, 0.4) is 0 Å². The fourth-order valence-electron chi connectivity index (χ4n) is 1.68. The highest BCUT2D eigenvalue weighted by atomic mass is 19.1. The van der Waals surface area contributed by atoms with Crippen molar-refractivity contribution < 1.29 is 13.6 Å².